The van der Waals surface area contributed by atoms with Gasteiger partial charge < -0.3 is 9.67 Å². The molecular weight excluding hydrogens is 530 g/mol. The molecule has 1 aromatic heterocycles. The molecule has 1 aliphatic carbocycles. The van der Waals surface area contributed by atoms with Crippen molar-refractivity contribution in [2.45, 2.75) is 30.2 Å². The van der Waals surface area contributed by atoms with Crippen LogP contribution in [0, 0.1) is 0 Å². The number of carbonyl (C=O) groups is 2. The van der Waals surface area contributed by atoms with Gasteiger partial charge in [-0.05, 0) is 77.9 Å². The Morgan fingerprint density at radius 3 is 2.58 bits per heavy atom. The van der Waals surface area contributed by atoms with Crippen molar-refractivity contribution in [2.75, 3.05) is 6.54 Å². The fourth-order valence-corrected chi connectivity index (χ4v) is 7.07. The maximum absolute atomic E-state index is 14.1. The lowest BCUT2D eigenvalue weighted by molar-refractivity contribution is -0.124. The number of carboxylic acid groups (broad SMARTS) is 1. The molecule has 5 rings (SSSR count). The predicted molar refractivity (Wildman–Crippen MR) is 150 cm³/mol. The van der Waals surface area contributed by atoms with Crippen LogP contribution in [0.3, 0.4) is 0 Å². The minimum atomic E-state index is -3.98. The maximum atomic E-state index is 14.1. The molecule has 0 aliphatic heterocycles. The first-order chi connectivity index (χ1) is 19.2. The van der Waals surface area contributed by atoms with Crippen molar-refractivity contribution < 1.29 is 28.3 Å². The molecule has 1 heterocycles. The van der Waals surface area contributed by atoms with E-state index >= 15 is 0 Å². The topological polar surface area (TPSA) is 129 Å². The van der Waals surface area contributed by atoms with E-state index in [1.165, 1.54) is 34.6 Å². The molecule has 4 aromatic rings. The van der Waals surface area contributed by atoms with Crippen molar-refractivity contribution in [3.8, 4) is 0 Å². The number of aromatic nitrogens is 1. The highest BCUT2D eigenvalue weighted by Gasteiger charge is 2.36. The Balaban J connectivity index is 1.51. The van der Waals surface area contributed by atoms with Crippen molar-refractivity contribution in [1.82, 2.24) is 14.4 Å². The number of hydroxylamine groups is 1. The highest BCUT2D eigenvalue weighted by atomic mass is 32.2. The van der Waals surface area contributed by atoms with Gasteiger partial charge in [-0.2, -0.15) is 4.31 Å². The molecule has 0 fully saturated rings. The Kier molecular flexibility index (Phi) is 7.57. The molecule has 0 bridgehead atoms. The lowest BCUT2D eigenvalue weighted by atomic mass is 10.0. The number of carboxylic acids is 1. The maximum Gasteiger partial charge on any atom is 0.335 e. The number of rotatable bonds is 9. The van der Waals surface area contributed by atoms with Crippen molar-refractivity contribution >= 4 is 38.9 Å². The van der Waals surface area contributed by atoms with Gasteiger partial charge in [0, 0.05) is 36.8 Å². The summed E-state index contributed by atoms with van der Waals surface area (Å²) in [7, 11) is -2.02. The number of para-hydroxylation sites is 1. The third kappa shape index (κ3) is 5.29. The Hall–Kier alpha value is -4.25. The number of sulfonamides is 1. The minimum Gasteiger partial charge on any atom is -0.478 e. The molecule has 0 spiro atoms. The molecule has 9 nitrogen and oxygen atoms in total. The van der Waals surface area contributed by atoms with Gasteiger partial charge in [0.05, 0.1) is 16.5 Å². The summed E-state index contributed by atoms with van der Waals surface area (Å²) in [5, 5.41) is 19.1. The van der Waals surface area contributed by atoms with E-state index in [9.17, 15) is 23.1 Å². The lowest BCUT2D eigenvalue weighted by Gasteiger charge is -2.29. The number of hydrogen-bond donors (Lipinski definition) is 3. The van der Waals surface area contributed by atoms with Gasteiger partial charge >= 0.3 is 5.97 Å². The van der Waals surface area contributed by atoms with Crippen LogP contribution in [-0.2, 0) is 34.7 Å². The molecule has 3 N–H and O–H groups in total. The summed E-state index contributed by atoms with van der Waals surface area (Å²) in [5.74, 6) is -1.76. The van der Waals surface area contributed by atoms with Crippen LogP contribution < -0.4 is 5.48 Å². The van der Waals surface area contributed by atoms with Crippen molar-refractivity contribution in [2.24, 2.45) is 7.05 Å². The SMILES string of the molecule is Cn1cc(CCN(C2CCc3cc(/C=C/C(=O)NO)ccc32)S(=O)(=O)c2ccc(C(=O)O)cc2)c2ccccc21. The largest absolute Gasteiger partial charge is 0.478 e. The van der Waals surface area contributed by atoms with E-state index in [0.717, 1.165) is 33.2 Å². The number of amides is 1. The second-order valence-corrected chi connectivity index (χ2v) is 11.7. The van der Waals surface area contributed by atoms with Gasteiger partial charge in [-0.3, -0.25) is 10.0 Å². The van der Waals surface area contributed by atoms with Crippen LogP contribution in [0.5, 0.6) is 0 Å². The standard InChI is InChI=1S/C30H29N3O6S/c1-32-19-23(25-4-2-3-5-27(25)32)16-17-33(40(38,39)24-11-8-21(9-12-24)30(35)36)28-14-10-22-18-20(6-13-26(22)28)7-15-29(34)31-37/h2-9,11-13,15,18-19,28,37H,10,14,16-17H2,1H3,(H,31,34)(H,35,36)/b15-7+. The normalized spacial score (nSPS) is 15.1. The zero-order chi connectivity index (χ0) is 28.4. The first-order valence-corrected chi connectivity index (χ1v) is 14.3. The number of aromatic carboxylic acids is 1. The van der Waals surface area contributed by atoms with Gasteiger partial charge in [0.15, 0.2) is 0 Å². The fraction of sp³-hybridized carbons (Fsp3) is 0.200. The zero-order valence-electron chi connectivity index (χ0n) is 21.8. The third-order valence-corrected chi connectivity index (χ3v) is 9.31. The summed E-state index contributed by atoms with van der Waals surface area (Å²) in [6.07, 6.45) is 6.57. The first-order valence-electron chi connectivity index (χ1n) is 12.8. The quantitative estimate of drug-likeness (QED) is 0.159. The van der Waals surface area contributed by atoms with Crippen LogP contribution in [0.2, 0.25) is 0 Å². The number of fused-ring (bicyclic) bond motifs is 2. The van der Waals surface area contributed by atoms with Gasteiger partial charge in [0.1, 0.15) is 0 Å². The predicted octanol–water partition coefficient (Wildman–Crippen LogP) is 4.32. The summed E-state index contributed by atoms with van der Waals surface area (Å²) in [6.45, 7) is 0.236. The molecule has 40 heavy (non-hydrogen) atoms. The van der Waals surface area contributed by atoms with E-state index in [1.807, 2.05) is 60.3 Å². The van der Waals surface area contributed by atoms with Crippen LogP contribution in [0.25, 0.3) is 17.0 Å². The average molecular weight is 560 g/mol. The highest BCUT2D eigenvalue weighted by molar-refractivity contribution is 7.89. The molecular formula is C30H29N3O6S. The van der Waals surface area contributed by atoms with Crippen LogP contribution in [0.15, 0.2) is 83.9 Å². The Labute approximate surface area is 232 Å². The van der Waals surface area contributed by atoms with E-state index < -0.39 is 27.9 Å². The van der Waals surface area contributed by atoms with Crippen LogP contribution in [-0.4, -0.2) is 46.0 Å². The van der Waals surface area contributed by atoms with Gasteiger partial charge in [-0.15, -0.1) is 0 Å². The average Bonchev–Trinajstić information content (AvgIpc) is 3.52. The number of benzene rings is 3. The highest BCUT2D eigenvalue weighted by Crippen LogP contribution is 2.39. The van der Waals surface area contributed by atoms with Crippen molar-refractivity contribution in [3.63, 3.8) is 0 Å². The zero-order valence-corrected chi connectivity index (χ0v) is 22.6. The monoisotopic (exact) mass is 559 g/mol. The minimum absolute atomic E-state index is 0.0166. The van der Waals surface area contributed by atoms with Gasteiger partial charge in [-0.25, -0.2) is 18.7 Å². The van der Waals surface area contributed by atoms with E-state index in [1.54, 1.807) is 11.6 Å². The summed E-state index contributed by atoms with van der Waals surface area (Å²) in [6, 6.07) is 18.5. The summed E-state index contributed by atoms with van der Waals surface area (Å²) in [4.78, 5) is 22.8. The second-order valence-electron chi connectivity index (χ2n) is 9.80. The molecule has 1 amide bonds. The lowest BCUT2D eigenvalue weighted by Crippen LogP contribution is -2.35. The molecule has 1 atom stereocenters. The summed E-state index contributed by atoms with van der Waals surface area (Å²) >= 11 is 0. The summed E-state index contributed by atoms with van der Waals surface area (Å²) in [5.41, 5.74) is 6.33. The molecule has 0 saturated heterocycles. The summed E-state index contributed by atoms with van der Waals surface area (Å²) < 4.78 is 31.7. The molecule has 0 radical (unpaired) electrons. The Morgan fingerprint density at radius 1 is 1.10 bits per heavy atom. The van der Waals surface area contributed by atoms with E-state index in [2.05, 4.69) is 0 Å². The number of nitrogens with one attached hydrogen (secondary N) is 1. The molecule has 0 saturated carbocycles. The molecule has 1 aliphatic rings. The smallest absolute Gasteiger partial charge is 0.335 e. The number of carbonyl (C=O) groups excluding carboxylic acids is 1. The van der Waals surface area contributed by atoms with Gasteiger partial charge in [0.2, 0.25) is 10.0 Å². The van der Waals surface area contributed by atoms with E-state index in [0.29, 0.717) is 19.3 Å². The molecule has 206 valence electrons. The fourth-order valence-electron chi connectivity index (χ4n) is 5.43. The molecule has 1 unspecified atom stereocenters. The number of hydrogen-bond acceptors (Lipinski definition) is 5. The van der Waals surface area contributed by atoms with Gasteiger partial charge in [-0.1, -0.05) is 36.4 Å². The van der Waals surface area contributed by atoms with Gasteiger partial charge in [0.25, 0.3) is 5.91 Å². The number of nitrogens with zero attached hydrogens (tertiary/aromatic N) is 2. The Bertz CT molecular complexity index is 1720. The van der Waals surface area contributed by atoms with E-state index in [-0.39, 0.29) is 17.0 Å². The Morgan fingerprint density at radius 2 is 1.85 bits per heavy atom. The van der Waals surface area contributed by atoms with Crippen LogP contribution in [0.4, 0.5) is 0 Å². The first kappa shape index (κ1) is 27.3. The second kappa shape index (κ2) is 11.1. The molecule has 10 heteroatoms. The van der Waals surface area contributed by atoms with E-state index in [4.69, 9.17) is 5.21 Å². The number of aryl methyl sites for hydroxylation is 2. The van der Waals surface area contributed by atoms with Crippen LogP contribution in [0.1, 0.15) is 45.1 Å². The van der Waals surface area contributed by atoms with Crippen molar-refractivity contribution in [3.05, 3.63) is 107 Å². The molecule has 3 aromatic carbocycles. The third-order valence-electron chi connectivity index (χ3n) is 7.39. The van der Waals surface area contributed by atoms with Crippen LogP contribution >= 0.6 is 0 Å². The van der Waals surface area contributed by atoms with Crippen molar-refractivity contribution in [1.29, 1.82) is 0 Å².